The van der Waals surface area contributed by atoms with E-state index in [1.165, 1.54) is 4.90 Å². The van der Waals surface area contributed by atoms with Gasteiger partial charge in [-0.15, -0.1) is 0 Å². The van der Waals surface area contributed by atoms with Gasteiger partial charge in [0.25, 0.3) is 11.7 Å². The minimum atomic E-state index is -0.868. The third-order valence-electron chi connectivity index (χ3n) is 2.97. The Labute approximate surface area is 114 Å². The van der Waals surface area contributed by atoms with Gasteiger partial charge in [-0.1, -0.05) is 17.7 Å². The first kappa shape index (κ1) is 13.5. The number of fused-ring (bicyclic) bond motifs is 1. The molecule has 0 radical (unpaired) electrons. The Balaban J connectivity index is 2.11. The predicted octanol–water partition coefficient (Wildman–Crippen LogP) is 2.12. The average molecular weight is 282 g/mol. The van der Waals surface area contributed by atoms with E-state index in [4.69, 9.17) is 16.7 Å². The molecule has 1 heterocycles. The van der Waals surface area contributed by atoms with Gasteiger partial charge >= 0.3 is 5.97 Å². The van der Waals surface area contributed by atoms with Crippen molar-refractivity contribution >= 4 is 34.9 Å². The lowest BCUT2D eigenvalue weighted by atomic mass is 10.1. The third kappa shape index (κ3) is 2.61. The summed E-state index contributed by atoms with van der Waals surface area (Å²) in [6.45, 7) is 0.325. The third-order valence-corrected chi connectivity index (χ3v) is 3.29. The SMILES string of the molecule is O=C(O)CCCCN1C(=O)C(=O)c2c(Cl)cccc21. The quantitative estimate of drug-likeness (QED) is 0.663. The number of halogens is 1. The highest BCUT2D eigenvalue weighted by molar-refractivity contribution is 6.55. The summed E-state index contributed by atoms with van der Waals surface area (Å²) in [5.74, 6) is -2.07. The Morgan fingerprint density at radius 1 is 1.26 bits per heavy atom. The Morgan fingerprint density at radius 3 is 2.68 bits per heavy atom. The molecular weight excluding hydrogens is 270 g/mol. The van der Waals surface area contributed by atoms with Crippen LogP contribution in [0.2, 0.25) is 5.02 Å². The van der Waals surface area contributed by atoms with E-state index in [2.05, 4.69) is 0 Å². The maximum absolute atomic E-state index is 11.8. The highest BCUT2D eigenvalue weighted by atomic mass is 35.5. The van der Waals surface area contributed by atoms with E-state index in [1.807, 2.05) is 0 Å². The van der Waals surface area contributed by atoms with Crippen LogP contribution >= 0.6 is 11.6 Å². The van der Waals surface area contributed by atoms with Crippen LogP contribution in [0.1, 0.15) is 29.6 Å². The molecule has 0 fully saturated rings. The molecule has 1 aromatic rings. The Hall–Kier alpha value is -1.88. The number of carboxylic acids is 1. The maximum atomic E-state index is 11.8. The van der Waals surface area contributed by atoms with Crippen molar-refractivity contribution in [2.75, 3.05) is 11.4 Å². The van der Waals surface area contributed by atoms with Crippen molar-refractivity contribution in [1.29, 1.82) is 0 Å². The van der Waals surface area contributed by atoms with Gasteiger partial charge in [0.05, 0.1) is 16.3 Å². The van der Waals surface area contributed by atoms with Gasteiger partial charge in [0.15, 0.2) is 0 Å². The van der Waals surface area contributed by atoms with Gasteiger partial charge in [-0.3, -0.25) is 14.4 Å². The molecule has 0 aromatic heterocycles. The molecule has 1 amide bonds. The number of amides is 1. The van der Waals surface area contributed by atoms with Crippen LogP contribution in [-0.4, -0.2) is 29.3 Å². The summed E-state index contributed by atoms with van der Waals surface area (Å²) < 4.78 is 0. The molecule has 1 aromatic carbocycles. The Kier molecular flexibility index (Phi) is 3.85. The molecule has 5 nitrogen and oxygen atoms in total. The summed E-state index contributed by atoms with van der Waals surface area (Å²) in [6, 6.07) is 4.91. The molecule has 19 heavy (non-hydrogen) atoms. The lowest BCUT2D eigenvalue weighted by Crippen LogP contribution is -2.30. The number of hydrogen-bond donors (Lipinski definition) is 1. The molecule has 0 aliphatic carbocycles. The fourth-order valence-corrected chi connectivity index (χ4v) is 2.32. The van der Waals surface area contributed by atoms with Gasteiger partial charge in [0.1, 0.15) is 0 Å². The second-order valence-corrected chi connectivity index (χ2v) is 4.68. The largest absolute Gasteiger partial charge is 0.481 e. The van der Waals surface area contributed by atoms with Crippen LogP contribution in [0.5, 0.6) is 0 Å². The van der Waals surface area contributed by atoms with Crippen molar-refractivity contribution in [2.45, 2.75) is 19.3 Å². The van der Waals surface area contributed by atoms with E-state index >= 15 is 0 Å². The lowest BCUT2D eigenvalue weighted by Gasteiger charge is -2.15. The van der Waals surface area contributed by atoms with Crippen LogP contribution in [0.4, 0.5) is 5.69 Å². The number of rotatable bonds is 5. The number of carboxylic acid groups (broad SMARTS) is 1. The summed E-state index contributed by atoms with van der Waals surface area (Å²) in [5, 5.41) is 8.81. The summed E-state index contributed by atoms with van der Waals surface area (Å²) in [4.78, 5) is 35.4. The van der Waals surface area contributed by atoms with Crippen LogP contribution in [0.3, 0.4) is 0 Å². The number of nitrogens with zero attached hydrogens (tertiary/aromatic N) is 1. The topological polar surface area (TPSA) is 74.7 Å². The van der Waals surface area contributed by atoms with Crippen LogP contribution in [0.15, 0.2) is 18.2 Å². The number of Topliss-reactive ketones (excluding diaryl/α,β-unsaturated/α-hetero) is 1. The normalized spacial score (nSPS) is 13.8. The molecular formula is C13H12ClNO4. The number of ketones is 1. The van der Waals surface area contributed by atoms with Crippen LogP contribution in [0, 0.1) is 0 Å². The lowest BCUT2D eigenvalue weighted by molar-refractivity contribution is -0.137. The van der Waals surface area contributed by atoms with Gasteiger partial charge in [0, 0.05) is 13.0 Å². The minimum absolute atomic E-state index is 0.0539. The Morgan fingerprint density at radius 2 is 2.00 bits per heavy atom. The predicted molar refractivity (Wildman–Crippen MR) is 69.6 cm³/mol. The zero-order valence-corrected chi connectivity index (χ0v) is 10.8. The summed E-state index contributed by atoms with van der Waals surface area (Å²) in [6.07, 6.45) is 1.04. The molecule has 0 saturated carbocycles. The maximum Gasteiger partial charge on any atom is 0.303 e. The monoisotopic (exact) mass is 281 g/mol. The number of aliphatic carboxylic acids is 1. The van der Waals surface area contributed by atoms with E-state index in [-0.39, 0.29) is 17.0 Å². The molecule has 1 aliphatic rings. The van der Waals surface area contributed by atoms with E-state index in [1.54, 1.807) is 18.2 Å². The molecule has 0 atom stereocenters. The summed E-state index contributed by atoms with van der Waals surface area (Å²) >= 11 is 5.92. The van der Waals surface area contributed by atoms with E-state index < -0.39 is 17.7 Å². The standard InChI is InChI=1S/C13H12ClNO4/c14-8-4-3-5-9-11(8)12(18)13(19)15(9)7-2-1-6-10(16)17/h3-5H,1-2,6-7H2,(H,16,17). The first-order chi connectivity index (χ1) is 9.02. The molecule has 1 aliphatic heterocycles. The zero-order chi connectivity index (χ0) is 14.0. The molecule has 0 unspecified atom stereocenters. The average Bonchev–Trinajstić information content (AvgIpc) is 2.60. The first-order valence-electron chi connectivity index (χ1n) is 5.89. The Bertz CT molecular complexity index is 556. The number of anilines is 1. The van der Waals surface area contributed by atoms with Gasteiger partial charge in [-0.25, -0.2) is 0 Å². The van der Waals surface area contributed by atoms with Crippen molar-refractivity contribution in [3.05, 3.63) is 28.8 Å². The van der Waals surface area contributed by atoms with Crippen molar-refractivity contribution in [1.82, 2.24) is 0 Å². The number of carbonyl (C=O) groups is 3. The van der Waals surface area contributed by atoms with Crippen LogP contribution in [0.25, 0.3) is 0 Å². The molecule has 6 heteroatoms. The van der Waals surface area contributed by atoms with Crippen molar-refractivity contribution in [3.8, 4) is 0 Å². The second-order valence-electron chi connectivity index (χ2n) is 4.27. The molecule has 0 spiro atoms. The van der Waals surface area contributed by atoms with Gasteiger partial charge in [-0.2, -0.15) is 0 Å². The molecule has 0 saturated heterocycles. The van der Waals surface area contributed by atoms with E-state index in [0.29, 0.717) is 25.1 Å². The highest BCUT2D eigenvalue weighted by Crippen LogP contribution is 2.34. The molecule has 2 rings (SSSR count). The number of carbonyl (C=O) groups excluding carboxylic acids is 2. The highest BCUT2D eigenvalue weighted by Gasteiger charge is 2.36. The molecule has 1 N–H and O–H groups in total. The number of unbranched alkanes of at least 4 members (excludes halogenated alkanes) is 1. The van der Waals surface area contributed by atoms with Gasteiger partial charge in [0.2, 0.25) is 0 Å². The van der Waals surface area contributed by atoms with E-state index in [9.17, 15) is 14.4 Å². The smallest absolute Gasteiger partial charge is 0.303 e. The van der Waals surface area contributed by atoms with Crippen molar-refractivity contribution < 1.29 is 19.5 Å². The van der Waals surface area contributed by atoms with E-state index in [0.717, 1.165) is 0 Å². The molecule has 0 bridgehead atoms. The van der Waals surface area contributed by atoms with Crippen LogP contribution < -0.4 is 4.90 Å². The van der Waals surface area contributed by atoms with Crippen molar-refractivity contribution in [2.24, 2.45) is 0 Å². The van der Waals surface area contributed by atoms with Crippen molar-refractivity contribution in [3.63, 3.8) is 0 Å². The number of benzene rings is 1. The number of hydrogen-bond acceptors (Lipinski definition) is 3. The summed E-state index contributed by atoms with van der Waals surface area (Å²) in [7, 11) is 0. The minimum Gasteiger partial charge on any atom is -0.481 e. The second kappa shape index (κ2) is 5.40. The first-order valence-corrected chi connectivity index (χ1v) is 6.26. The van der Waals surface area contributed by atoms with Crippen LogP contribution in [-0.2, 0) is 9.59 Å². The fraction of sp³-hybridized carbons (Fsp3) is 0.308. The zero-order valence-electron chi connectivity index (χ0n) is 10.1. The molecule has 100 valence electrons. The van der Waals surface area contributed by atoms with Gasteiger partial charge in [-0.05, 0) is 25.0 Å². The van der Waals surface area contributed by atoms with Gasteiger partial charge < -0.3 is 10.0 Å². The fourth-order valence-electron chi connectivity index (χ4n) is 2.07. The summed E-state index contributed by atoms with van der Waals surface area (Å²) in [5.41, 5.74) is 0.755.